The summed E-state index contributed by atoms with van der Waals surface area (Å²) in [5.74, 6) is 0.347. The highest BCUT2D eigenvalue weighted by Gasteiger charge is 2.23. The predicted octanol–water partition coefficient (Wildman–Crippen LogP) is 3.59. The molecule has 0 aliphatic heterocycles. The molecule has 0 heterocycles. The molecule has 20 heavy (non-hydrogen) atoms. The van der Waals surface area contributed by atoms with Gasteiger partial charge in [-0.1, -0.05) is 30.0 Å². The molecule has 1 unspecified atom stereocenters. The van der Waals surface area contributed by atoms with Crippen molar-refractivity contribution in [3.05, 3.63) is 41.3 Å². The van der Waals surface area contributed by atoms with Gasteiger partial charge in [0.2, 0.25) is 0 Å². The largest absolute Gasteiger partial charge is 0.466 e. The van der Waals surface area contributed by atoms with Gasteiger partial charge in [0.05, 0.1) is 7.11 Å². The SMILES string of the molecule is COC(=O)C=C(CC1CCC(=O)C1)Sc1ccccc1. The molecule has 0 amide bonds. The van der Waals surface area contributed by atoms with E-state index in [1.165, 1.54) is 7.11 Å². The Morgan fingerprint density at radius 3 is 2.75 bits per heavy atom. The topological polar surface area (TPSA) is 43.4 Å². The number of hydrogen-bond acceptors (Lipinski definition) is 4. The van der Waals surface area contributed by atoms with E-state index in [1.807, 2.05) is 30.3 Å². The van der Waals surface area contributed by atoms with Crippen LogP contribution in [-0.2, 0) is 14.3 Å². The van der Waals surface area contributed by atoms with Gasteiger partial charge in [-0.3, -0.25) is 4.79 Å². The normalized spacial score (nSPS) is 19.1. The van der Waals surface area contributed by atoms with E-state index in [-0.39, 0.29) is 5.97 Å². The molecular weight excluding hydrogens is 272 g/mol. The minimum atomic E-state index is -0.340. The lowest BCUT2D eigenvalue weighted by Gasteiger charge is -2.11. The van der Waals surface area contributed by atoms with Crippen LogP contribution in [0, 0.1) is 5.92 Å². The first-order chi connectivity index (χ1) is 9.67. The molecule has 106 valence electrons. The van der Waals surface area contributed by atoms with Gasteiger partial charge in [-0.05, 0) is 35.8 Å². The second-order valence-electron chi connectivity index (χ2n) is 4.90. The van der Waals surface area contributed by atoms with E-state index in [1.54, 1.807) is 17.8 Å². The molecule has 1 saturated carbocycles. The molecule has 4 heteroatoms. The van der Waals surface area contributed by atoms with Crippen molar-refractivity contribution in [3.8, 4) is 0 Å². The third-order valence-corrected chi connectivity index (χ3v) is 4.36. The van der Waals surface area contributed by atoms with Crippen molar-refractivity contribution >= 4 is 23.5 Å². The first-order valence-corrected chi connectivity index (χ1v) is 7.52. The third kappa shape index (κ3) is 4.53. The standard InChI is InChI=1S/C16H18O3S/c1-19-16(18)11-15(10-12-7-8-13(17)9-12)20-14-5-3-2-4-6-14/h2-6,11-12H,7-10H2,1H3. The lowest BCUT2D eigenvalue weighted by Crippen LogP contribution is -2.00. The van der Waals surface area contributed by atoms with E-state index in [0.717, 1.165) is 22.6 Å². The molecule has 1 aromatic carbocycles. The fraction of sp³-hybridized carbons (Fsp3) is 0.375. The number of allylic oxidation sites excluding steroid dienone is 1. The van der Waals surface area contributed by atoms with Crippen LogP contribution >= 0.6 is 11.8 Å². The zero-order valence-electron chi connectivity index (χ0n) is 11.5. The van der Waals surface area contributed by atoms with Crippen LogP contribution in [0.4, 0.5) is 0 Å². The van der Waals surface area contributed by atoms with E-state index >= 15 is 0 Å². The van der Waals surface area contributed by atoms with Crippen molar-refractivity contribution in [2.75, 3.05) is 7.11 Å². The Hall–Kier alpha value is -1.55. The maximum atomic E-state index is 11.5. The van der Waals surface area contributed by atoms with Crippen LogP contribution in [0.3, 0.4) is 0 Å². The van der Waals surface area contributed by atoms with Gasteiger partial charge in [-0.15, -0.1) is 0 Å². The highest BCUT2D eigenvalue weighted by molar-refractivity contribution is 8.03. The second kappa shape index (κ2) is 7.29. The summed E-state index contributed by atoms with van der Waals surface area (Å²) >= 11 is 1.57. The van der Waals surface area contributed by atoms with Crippen molar-refractivity contribution in [2.24, 2.45) is 5.92 Å². The zero-order valence-corrected chi connectivity index (χ0v) is 12.3. The van der Waals surface area contributed by atoms with Crippen molar-refractivity contribution in [1.82, 2.24) is 0 Å². The fourth-order valence-corrected chi connectivity index (χ4v) is 3.38. The van der Waals surface area contributed by atoms with Gasteiger partial charge in [-0.2, -0.15) is 0 Å². The minimum Gasteiger partial charge on any atom is -0.466 e. The molecule has 0 saturated heterocycles. The van der Waals surface area contributed by atoms with E-state index in [4.69, 9.17) is 4.74 Å². The second-order valence-corrected chi connectivity index (χ2v) is 6.10. The Morgan fingerprint density at radius 1 is 1.40 bits per heavy atom. The Morgan fingerprint density at radius 2 is 2.15 bits per heavy atom. The van der Waals surface area contributed by atoms with Gasteiger partial charge >= 0.3 is 5.97 Å². The summed E-state index contributed by atoms with van der Waals surface area (Å²) in [5, 5.41) is 0. The number of methoxy groups -OCH3 is 1. The molecule has 3 nitrogen and oxygen atoms in total. The molecule has 2 rings (SSSR count). The first-order valence-electron chi connectivity index (χ1n) is 6.70. The molecule has 0 N–H and O–H groups in total. The van der Waals surface area contributed by atoms with Crippen LogP contribution in [0.1, 0.15) is 25.7 Å². The number of hydrogen-bond donors (Lipinski definition) is 0. The summed E-state index contributed by atoms with van der Waals surface area (Å²) in [5.41, 5.74) is 0. The molecular formula is C16H18O3S. The van der Waals surface area contributed by atoms with E-state index < -0.39 is 0 Å². The predicted molar refractivity (Wildman–Crippen MR) is 79.4 cm³/mol. The van der Waals surface area contributed by atoms with Crippen molar-refractivity contribution in [1.29, 1.82) is 0 Å². The smallest absolute Gasteiger partial charge is 0.331 e. The van der Waals surface area contributed by atoms with Crippen molar-refractivity contribution in [3.63, 3.8) is 0 Å². The van der Waals surface area contributed by atoms with Gasteiger partial charge in [0, 0.05) is 23.8 Å². The van der Waals surface area contributed by atoms with E-state index in [0.29, 0.717) is 24.5 Å². The molecule has 0 radical (unpaired) electrons. The number of esters is 1. The molecule has 1 aliphatic carbocycles. The summed E-state index contributed by atoms with van der Waals surface area (Å²) in [4.78, 5) is 24.9. The highest BCUT2D eigenvalue weighted by atomic mass is 32.2. The minimum absolute atomic E-state index is 0.331. The Kier molecular flexibility index (Phi) is 5.41. The summed E-state index contributed by atoms with van der Waals surface area (Å²) in [7, 11) is 1.38. The van der Waals surface area contributed by atoms with Crippen molar-refractivity contribution in [2.45, 2.75) is 30.6 Å². The van der Waals surface area contributed by atoms with Crippen LogP contribution in [0.25, 0.3) is 0 Å². The zero-order chi connectivity index (χ0) is 14.4. The Balaban J connectivity index is 2.06. The number of carbonyl (C=O) groups excluding carboxylic acids is 2. The third-order valence-electron chi connectivity index (χ3n) is 3.31. The van der Waals surface area contributed by atoms with Crippen LogP contribution in [0.5, 0.6) is 0 Å². The average molecular weight is 290 g/mol. The molecule has 1 aromatic rings. The number of Topliss-reactive ketones (excluding diaryl/α,β-unsaturated/α-hetero) is 1. The van der Waals surface area contributed by atoms with Gasteiger partial charge in [0.25, 0.3) is 0 Å². The quantitative estimate of drug-likeness (QED) is 0.472. The lowest BCUT2D eigenvalue weighted by molar-refractivity contribution is -0.134. The lowest BCUT2D eigenvalue weighted by atomic mass is 10.0. The number of rotatable bonds is 5. The van der Waals surface area contributed by atoms with E-state index in [2.05, 4.69) is 0 Å². The number of ketones is 1. The molecule has 1 atom stereocenters. The fourth-order valence-electron chi connectivity index (χ4n) is 2.31. The Bertz CT molecular complexity index is 508. The summed E-state index contributed by atoms with van der Waals surface area (Å²) in [6.45, 7) is 0. The number of thioether (sulfide) groups is 1. The summed E-state index contributed by atoms with van der Waals surface area (Å²) in [6, 6.07) is 9.92. The van der Waals surface area contributed by atoms with Gasteiger partial charge in [0.1, 0.15) is 5.78 Å². The molecule has 1 aliphatic rings. The molecule has 0 spiro atoms. The number of ether oxygens (including phenoxy) is 1. The van der Waals surface area contributed by atoms with Crippen LogP contribution < -0.4 is 0 Å². The van der Waals surface area contributed by atoms with Crippen LogP contribution in [0.15, 0.2) is 46.2 Å². The number of carbonyl (C=O) groups is 2. The maximum absolute atomic E-state index is 11.5. The monoisotopic (exact) mass is 290 g/mol. The summed E-state index contributed by atoms with van der Waals surface area (Å²) in [6.07, 6.45) is 4.54. The van der Waals surface area contributed by atoms with Crippen LogP contribution in [-0.4, -0.2) is 18.9 Å². The van der Waals surface area contributed by atoms with Gasteiger partial charge < -0.3 is 4.74 Å². The molecule has 0 bridgehead atoms. The summed E-state index contributed by atoms with van der Waals surface area (Å²) < 4.78 is 4.71. The molecule has 1 fully saturated rings. The van der Waals surface area contributed by atoms with Gasteiger partial charge in [0.15, 0.2) is 0 Å². The van der Waals surface area contributed by atoms with Crippen molar-refractivity contribution < 1.29 is 14.3 Å². The van der Waals surface area contributed by atoms with Crippen LogP contribution in [0.2, 0.25) is 0 Å². The van der Waals surface area contributed by atoms with E-state index in [9.17, 15) is 9.59 Å². The highest BCUT2D eigenvalue weighted by Crippen LogP contribution is 2.35. The first kappa shape index (κ1) is 14.9. The Labute approximate surface area is 123 Å². The maximum Gasteiger partial charge on any atom is 0.331 e. The van der Waals surface area contributed by atoms with Gasteiger partial charge in [-0.25, -0.2) is 4.79 Å². The molecule has 0 aromatic heterocycles. The number of benzene rings is 1. The average Bonchev–Trinajstić information content (AvgIpc) is 2.85.